The van der Waals surface area contributed by atoms with Gasteiger partial charge in [-0.25, -0.2) is 4.39 Å². The first-order valence-corrected chi connectivity index (χ1v) is 5.80. The van der Waals surface area contributed by atoms with Gasteiger partial charge >= 0.3 is 0 Å². The first kappa shape index (κ1) is 9.97. The van der Waals surface area contributed by atoms with Crippen molar-refractivity contribution in [2.45, 2.75) is 31.3 Å². The van der Waals surface area contributed by atoms with E-state index in [2.05, 4.69) is 5.32 Å². The van der Waals surface area contributed by atoms with Gasteiger partial charge in [0, 0.05) is 18.0 Å². The number of hydrogen-bond acceptors (Lipinski definition) is 2. The van der Waals surface area contributed by atoms with E-state index in [1.807, 2.05) is 0 Å². The summed E-state index contributed by atoms with van der Waals surface area (Å²) in [4.78, 5) is 12.2. The molecule has 0 amide bonds. The SMILES string of the molecule is O=C(c1ccccc1F)C1CC2CCC1N2. The lowest BCUT2D eigenvalue weighted by Crippen LogP contribution is -2.29. The van der Waals surface area contributed by atoms with Crippen LogP contribution in [0.4, 0.5) is 4.39 Å². The molecule has 84 valence electrons. The molecule has 16 heavy (non-hydrogen) atoms. The Bertz CT molecular complexity index is 432. The van der Waals surface area contributed by atoms with E-state index in [-0.39, 0.29) is 23.3 Å². The summed E-state index contributed by atoms with van der Waals surface area (Å²) in [6.45, 7) is 0. The van der Waals surface area contributed by atoms with Gasteiger partial charge in [-0.15, -0.1) is 0 Å². The van der Waals surface area contributed by atoms with Gasteiger partial charge in [-0.05, 0) is 31.4 Å². The van der Waals surface area contributed by atoms with E-state index < -0.39 is 5.82 Å². The second-order valence-corrected chi connectivity index (χ2v) is 4.73. The molecule has 3 heteroatoms. The van der Waals surface area contributed by atoms with Crippen LogP contribution in [-0.2, 0) is 0 Å². The Morgan fingerprint density at radius 1 is 1.31 bits per heavy atom. The summed E-state index contributed by atoms with van der Waals surface area (Å²) in [7, 11) is 0. The monoisotopic (exact) mass is 219 g/mol. The predicted octanol–water partition coefficient (Wildman–Crippen LogP) is 2.15. The van der Waals surface area contributed by atoms with Crippen LogP contribution < -0.4 is 5.32 Å². The largest absolute Gasteiger partial charge is 0.310 e. The lowest BCUT2D eigenvalue weighted by Gasteiger charge is -2.18. The molecule has 2 saturated heterocycles. The highest BCUT2D eigenvalue weighted by Crippen LogP contribution is 2.35. The van der Waals surface area contributed by atoms with Gasteiger partial charge in [0.25, 0.3) is 0 Å². The molecule has 2 bridgehead atoms. The fourth-order valence-electron chi connectivity index (χ4n) is 2.97. The van der Waals surface area contributed by atoms with Gasteiger partial charge in [-0.3, -0.25) is 4.79 Å². The minimum Gasteiger partial charge on any atom is -0.310 e. The number of ketones is 1. The summed E-state index contributed by atoms with van der Waals surface area (Å²) in [6.07, 6.45) is 3.08. The fraction of sp³-hybridized carbons (Fsp3) is 0.462. The summed E-state index contributed by atoms with van der Waals surface area (Å²) < 4.78 is 13.5. The van der Waals surface area contributed by atoms with Crippen molar-refractivity contribution in [1.29, 1.82) is 0 Å². The van der Waals surface area contributed by atoms with Gasteiger partial charge < -0.3 is 5.32 Å². The second-order valence-electron chi connectivity index (χ2n) is 4.73. The molecule has 0 spiro atoms. The zero-order chi connectivity index (χ0) is 11.1. The molecule has 1 aromatic rings. The average molecular weight is 219 g/mol. The van der Waals surface area contributed by atoms with Crippen LogP contribution in [0.2, 0.25) is 0 Å². The third-order valence-electron chi connectivity index (χ3n) is 3.78. The summed E-state index contributed by atoms with van der Waals surface area (Å²) in [5.74, 6) is -0.441. The second kappa shape index (κ2) is 3.67. The highest BCUT2D eigenvalue weighted by molar-refractivity contribution is 5.98. The number of benzene rings is 1. The molecule has 1 aromatic carbocycles. The molecule has 1 N–H and O–H groups in total. The summed E-state index contributed by atoms with van der Waals surface area (Å²) in [5.41, 5.74) is 0.252. The van der Waals surface area contributed by atoms with Crippen molar-refractivity contribution >= 4 is 5.78 Å². The quantitative estimate of drug-likeness (QED) is 0.772. The minimum absolute atomic E-state index is 0.0179. The lowest BCUT2D eigenvalue weighted by atomic mass is 9.83. The molecule has 2 nitrogen and oxygen atoms in total. The predicted molar refractivity (Wildman–Crippen MR) is 58.8 cm³/mol. The Labute approximate surface area is 93.9 Å². The summed E-state index contributed by atoms with van der Waals surface area (Å²) in [5, 5.41) is 3.40. The molecule has 3 atom stereocenters. The molecule has 2 fully saturated rings. The van der Waals surface area contributed by atoms with Gasteiger partial charge in [-0.2, -0.15) is 0 Å². The van der Waals surface area contributed by atoms with Crippen LogP contribution in [0.3, 0.4) is 0 Å². The van der Waals surface area contributed by atoms with E-state index in [1.54, 1.807) is 18.2 Å². The van der Waals surface area contributed by atoms with Crippen LogP contribution in [0, 0.1) is 11.7 Å². The van der Waals surface area contributed by atoms with Crippen LogP contribution in [-0.4, -0.2) is 17.9 Å². The van der Waals surface area contributed by atoms with Crippen LogP contribution in [0.15, 0.2) is 24.3 Å². The van der Waals surface area contributed by atoms with E-state index >= 15 is 0 Å². The van der Waals surface area contributed by atoms with Crippen LogP contribution in [0.1, 0.15) is 29.6 Å². The number of carbonyl (C=O) groups excluding carboxylic acids is 1. The Balaban J connectivity index is 1.86. The molecular formula is C13H14FNO. The van der Waals surface area contributed by atoms with Gasteiger partial charge in [0.2, 0.25) is 0 Å². The topological polar surface area (TPSA) is 29.1 Å². The third-order valence-corrected chi connectivity index (χ3v) is 3.78. The Morgan fingerprint density at radius 3 is 2.75 bits per heavy atom. The molecule has 2 aliphatic heterocycles. The van der Waals surface area contributed by atoms with E-state index in [1.165, 1.54) is 6.07 Å². The van der Waals surface area contributed by atoms with Crippen molar-refractivity contribution in [2.24, 2.45) is 5.92 Å². The maximum atomic E-state index is 13.5. The smallest absolute Gasteiger partial charge is 0.170 e. The maximum absolute atomic E-state index is 13.5. The van der Waals surface area contributed by atoms with Crippen molar-refractivity contribution in [2.75, 3.05) is 0 Å². The van der Waals surface area contributed by atoms with Crippen molar-refractivity contribution in [3.05, 3.63) is 35.6 Å². The molecule has 2 aliphatic rings. The zero-order valence-corrected chi connectivity index (χ0v) is 8.95. The molecule has 0 saturated carbocycles. The van der Waals surface area contributed by atoms with E-state index in [9.17, 15) is 9.18 Å². The number of nitrogens with one attached hydrogen (secondary N) is 1. The number of rotatable bonds is 2. The van der Waals surface area contributed by atoms with E-state index in [4.69, 9.17) is 0 Å². The van der Waals surface area contributed by atoms with Gasteiger partial charge in [0.1, 0.15) is 5.82 Å². The standard InChI is InChI=1S/C13H14FNO/c14-11-4-2-1-3-9(11)13(16)10-7-8-5-6-12(10)15-8/h1-4,8,10,12,15H,5-7H2. The van der Waals surface area contributed by atoms with Crippen LogP contribution >= 0.6 is 0 Å². The number of Topliss-reactive ketones (excluding diaryl/α,β-unsaturated/α-hetero) is 1. The molecule has 2 heterocycles. The Kier molecular flexibility index (Phi) is 2.28. The van der Waals surface area contributed by atoms with Crippen LogP contribution in [0.25, 0.3) is 0 Å². The van der Waals surface area contributed by atoms with Crippen LogP contribution in [0.5, 0.6) is 0 Å². The number of hydrogen-bond donors (Lipinski definition) is 1. The summed E-state index contributed by atoms with van der Waals surface area (Å²) in [6, 6.07) is 7.03. The molecule has 0 aromatic heterocycles. The Hall–Kier alpha value is -1.22. The fourth-order valence-corrected chi connectivity index (χ4v) is 2.97. The highest BCUT2D eigenvalue weighted by atomic mass is 19.1. The molecule has 0 radical (unpaired) electrons. The van der Waals surface area contributed by atoms with Gasteiger partial charge in [0.05, 0.1) is 5.56 Å². The number of halogens is 1. The first-order valence-electron chi connectivity index (χ1n) is 5.80. The zero-order valence-electron chi connectivity index (χ0n) is 8.95. The van der Waals surface area contributed by atoms with Crippen molar-refractivity contribution < 1.29 is 9.18 Å². The maximum Gasteiger partial charge on any atom is 0.170 e. The van der Waals surface area contributed by atoms with Crippen molar-refractivity contribution in [3.8, 4) is 0 Å². The number of fused-ring (bicyclic) bond motifs is 2. The molecular weight excluding hydrogens is 205 g/mol. The highest BCUT2D eigenvalue weighted by Gasteiger charge is 2.43. The third kappa shape index (κ3) is 1.47. The minimum atomic E-state index is -0.393. The lowest BCUT2D eigenvalue weighted by molar-refractivity contribution is 0.0896. The summed E-state index contributed by atoms with van der Waals surface area (Å²) >= 11 is 0. The molecule has 3 rings (SSSR count). The molecule has 3 unspecified atom stereocenters. The van der Waals surface area contributed by atoms with E-state index in [0.29, 0.717) is 6.04 Å². The van der Waals surface area contributed by atoms with E-state index in [0.717, 1.165) is 19.3 Å². The van der Waals surface area contributed by atoms with Gasteiger partial charge in [0.15, 0.2) is 5.78 Å². The van der Waals surface area contributed by atoms with Gasteiger partial charge in [-0.1, -0.05) is 12.1 Å². The van der Waals surface area contributed by atoms with Crippen molar-refractivity contribution in [1.82, 2.24) is 5.32 Å². The Morgan fingerprint density at radius 2 is 2.12 bits per heavy atom. The average Bonchev–Trinajstić information content (AvgIpc) is 2.90. The number of carbonyl (C=O) groups is 1. The molecule has 0 aliphatic carbocycles. The normalized spacial score (nSPS) is 31.9. The van der Waals surface area contributed by atoms with Crippen molar-refractivity contribution in [3.63, 3.8) is 0 Å². The first-order chi connectivity index (χ1) is 7.75.